The van der Waals surface area contributed by atoms with Crippen LogP contribution in [0.15, 0.2) is 42.6 Å². The molecule has 0 bridgehead atoms. The van der Waals surface area contributed by atoms with E-state index < -0.39 is 11.7 Å². The van der Waals surface area contributed by atoms with Crippen molar-refractivity contribution in [3.63, 3.8) is 0 Å². The van der Waals surface area contributed by atoms with Crippen molar-refractivity contribution in [1.29, 1.82) is 0 Å². The van der Waals surface area contributed by atoms with Crippen molar-refractivity contribution in [2.24, 2.45) is 0 Å². The van der Waals surface area contributed by atoms with Gasteiger partial charge in [0.05, 0.1) is 20.3 Å². The van der Waals surface area contributed by atoms with Gasteiger partial charge in [0.2, 0.25) is 5.78 Å². The molecule has 8 heteroatoms. The highest BCUT2D eigenvalue weighted by molar-refractivity contribution is 6.15. The van der Waals surface area contributed by atoms with E-state index in [2.05, 4.69) is 10.3 Å². The van der Waals surface area contributed by atoms with E-state index in [1.807, 2.05) is 13.8 Å². The van der Waals surface area contributed by atoms with Crippen LogP contribution < -0.4 is 19.5 Å². The van der Waals surface area contributed by atoms with E-state index in [1.54, 1.807) is 63.4 Å². The molecule has 0 aliphatic heterocycles. The number of hydrogen-bond donors (Lipinski definition) is 1. The van der Waals surface area contributed by atoms with Gasteiger partial charge in [0.1, 0.15) is 17.0 Å². The molecule has 35 heavy (non-hydrogen) atoms. The topological polar surface area (TPSA) is 96.0 Å². The first-order valence-electron chi connectivity index (χ1n) is 11.3. The Morgan fingerprint density at radius 3 is 2.11 bits per heavy atom. The Bertz CT molecular complexity index is 1210. The molecule has 0 aliphatic carbocycles. The zero-order valence-corrected chi connectivity index (χ0v) is 21.2. The summed E-state index contributed by atoms with van der Waals surface area (Å²) in [7, 11) is 3.07. The second kappa shape index (κ2) is 10.6. The zero-order valence-electron chi connectivity index (χ0n) is 21.2. The summed E-state index contributed by atoms with van der Waals surface area (Å²) in [5.74, 6) is 1.40. The minimum Gasteiger partial charge on any atom is -0.493 e. The molecule has 1 N–H and O–H groups in total. The average molecular weight is 481 g/mol. The third kappa shape index (κ3) is 6.41. The van der Waals surface area contributed by atoms with Crippen molar-refractivity contribution in [3.05, 3.63) is 59.4 Å². The fraction of sp³-hybridized carbons (Fsp3) is 0.370. The van der Waals surface area contributed by atoms with E-state index in [-0.39, 0.29) is 24.1 Å². The second-order valence-corrected chi connectivity index (χ2v) is 9.26. The van der Waals surface area contributed by atoms with Gasteiger partial charge in [0, 0.05) is 23.7 Å². The molecule has 0 spiro atoms. The van der Waals surface area contributed by atoms with Crippen LogP contribution >= 0.6 is 0 Å². The maximum absolute atomic E-state index is 13.4. The first kappa shape index (κ1) is 25.8. The summed E-state index contributed by atoms with van der Waals surface area (Å²) in [5.41, 5.74) is 0.820. The van der Waals surface area contributed by atoms with Gasteiger partial charge in [-0.05, 0) is 82.0 Å². The van der Waals surface area contributed by atoms with Gasteiger partial charge in [0.25, 0.3) is 0 Å². The summed E-state index contributed by atoms with van der Waals surface area (Å²) in [5, 5.41) is 4.03. The molecule has 1 heterocycles. The Hall–Kier alpha value is -3.81. The Balaban J connectivity index is 2.02. The van der Waals surface area contributed by atoms with Gasteiger partial charge in [-0.15, -0.1) is 0 Å². The summed E-state index contributed by atoms with van der Waals surface area (Å²) >= 11 is 0. The Labute approximate surface area is 205 Å². The summed E-state index contributed by atoms with van der Waals surface area (Å²) in [6.07, 6.45) is 1.07. The molecule has 0 radical (unpaired) electrons. The lowest BCUT2D eigenvalue weighted by atomic mass is 9.99. The summed E-state index contributed by atoms with van der Waals surface area (Å²) in [4.78, 5) is 30.1. The highest BCUT2D eigenvalue weighted by Gasteiger charge is 2.21. The molecule has 186 valence electrons. The van der Waals surface area contributed by atoms with Crippen LogP contribution in [0.2, 0.25) is 0 Å². The van der Waals surface area contributed by atoms with Crippen LogP contribution in [0.4, 0.5) is 4.79 Å². The first-order valence-corrected chi connectivity index (χ1v) is 11.3. The van der Waals surface area contributed by atoms with Crippen LogP contribution in [-0.4, -0.2) is 42.8 Å². The maximum Gasteiger partial charge on any atom is 0.407 e. The fourth-order valence-corrected chi connectivity index (χ4v) is 3.52. The molecule has 1 amide bonds. The number of nitrogens with one attached hydrogen (secondary N) is 1. The number of nitrogens with zero attached hydrogens (tertiary/aromatic N) is 1. The Kier molecular flexibility index (Phi) is 7.84. The molecule has 1 aromatic heterocycles. The first-order chi connectivity index (χ1) is 16.5. The molecule has 2 aromatic carbocycles. The molecule has 3 aromatic rings. The number of alkyl carbamates (subject to hydrolysis) is 1. The number of hydrogen-bond acceptors (Lipinski definition) is 7. The third-order valence-corrected chi connectivity index (χ3v) is 5.00. The molecule has 0 saturated heterocycles. The van der Waals surface area contributed by atoms with E-state index in [0.717, 1.165) is 0 Å². The minimum atomic E-state index is -0.618. The van der Waals surface area contributed by atoms with Crippen molar-refractivity contribution in [2.45, 2.75) is 52.9 Å². The van der Waals surface area contributed by atoms with E-state index in [1.165, 1.54) is 14.2 Å². The maximum atomic E-state index is 13.4. The van der Waals surface area contributed by atoms with Gasteiger partial charge in [-0.1, -0.05) is 0 Å². The third-order valence-electron chi connectivity index (χ3n) is 5.00. The van der Waals surface area contributed by atoms with Crippen molar-refractivity contribution < 1.29 is 28.5 Å². The normalized spacial score (nSPS) is 11.3. The number of fused-ring (bicyclic) bond motifs is 1. The van der Waals surface area contributed by atoms with Crippen molar-refractivity contribution >= 4 is 22.6 Å². The van der Waals surface area contributed by atoms with E-state index in [4.69, 9.17) is 18.9 Å². The highest BCUT2D eigenvalue weighted by atomic mass is 16.6. The Morgan fingerprint density at radius 2 is 1.57 bits per heavy atom. The number of benzene rings is 2. The molecule has 0 fully saturated rings. The number of carbonyl (C=O) groups is 2. The number of methoxy groups -OCH3 is 2. The molecular weight excluding hydrogens is 448 g/mol. The van der Waals surface area contributed by atoms with Crippen LogP contribution in [0.1, 0.15) is 56.2 Å². The summed E-state index contributed by atoms with van der Waals surface area (Å²) < 4.78 is 21.9. The molecule has 3 rings (SSSR count). The lowest BCUT2D eigenvalue weighted by Gasteiger charge is -2.20. The molecule has 8 nitrogen and oxygen atoms in total. The van der Waals surface area contributed by atoms with Gasteiger partial charge < -0.3 is 24.3 Å². The van der Waals surface area contributed by atoms with Gasteiger partial charge in [-0.2, -0.15) is 0 Å². The van der Waals surface area contributed by atoms with Crippen molar-refractivity contribution in [1.82, 2.24) is 10.3 Å². The number of rotatable bonds is 8. The quantitative estimate of drug-likeness (QED) is 0.437. The Morgan fingerprint density at radius 1 is 0.971 bits per heavy atom. The van der Waals surface area contributed by atoms with Crippen molar-refractivity contribution in [2.75, 3.05) is 14.2 Å². The number of ketones is 1. The largest absolute Gasteiger partial charge is 0.493 e. The number of carbonyl (C=O) groups excluding carboxylic acids is 2. The van der Waals surface area contributed by atoms with Gasteiger partial charge >= 0.3 is 6.09 Å². The van der Waals surface area contributed by atoms with Crippen LogP contribution in [0, 0.1) is 0 Å². The predicted octanol–water partition coefficient (Wildman–Crippen LogP) is 5.29. The zero-order chi connectivity index (χ0) is 25.8. The van der Waals surface area contributed by atoms with E-state index >= 15 is 0 Å². The lowest BCUT2D eigenvalue weighted by molar-refractivity contribution is 0.0523. The van der Waals surface area contributed by atoms with E-state index in [0.29, 0.717) is 39.1 Å². The minimum absolute atomic E-state index is 0.0337. The molecular formula is C27H32N2O6. The smallest absolute Gasteiger partial charge is 0.407 e. The van der Waals surface area contributed by atoms with Crippen LogP contribution in [0.3, 0.4) is 0 Å². The SMILES string of the molecule is COc1cc2c(CNC(=O)OC(C)(C)C)cnc(C(=O)c3ccc(OC(C)C)cc3)c2cc1OC. The van der Waals surface area contributed by atoms with E-state index in [9.17, 15) is 9.59 Å². The van der Waals surface area contributed by atoms with Gasteiger partial charge in [0.15, 0.2) is 11.5 Å². The van der Waals surface area contributed by atoms with Crippen LogP contribution in [0.5, 0.6) is 17.2 Å². The number of amides is 1. The average Bonchev–Trinajstić information content (AvgIpc) is 2.80. The van der Waals surface area contributed by atoms with Crippen molar-refractivity contribution in [3.8, 4) is 17.2 Å². The molecule has 0 aliphatic rings. The number of ether oxygens (including phenoxy) is 4. The standard InChI is InChI=1S/C27H32N2O6/c1-16(2)34-19-10-8-17(9-11-19)25(30)24-21-13-23(33-7)22(32-6)12-20(21)18(14-28-24)15-29-26(31)35-27(3,4)5/h8-14,16H,15H2,1-7H3,(H,29,31). The monoisotopic (exact) mass is 480 g/mol. The lowest BCUT2D eigenvalue weighted by Crippen LogP contribution is -2.32. The fourth-order valence-electron chi connectivity index (χ4n) is 3.52. The molecule has 0 saturated carbocycles. The summed E-state index contributed by atoms with van der Waals surface area (Å²) in [6.45, 7) is 9.42. The van der Waals surface area contributed by atoms with Gasteiger partial charge in [-0.3, -0.25) is 9.78 Å². The predicted molar refractivity (Wildman–Crippen MR) is 134 cm³/mol. The number of pyridine rings is 1. The summed E-state index contributed by atoms with van der Waals surface area (Å²) in [6, 6.07) is 10.5. The molecule has 0 unspecified atom stereocenters. The van der Waals surface area contributed by atoms with Crippen LogP contribution in [-0.2, 0) is 11.3 Å². The second-order valence-electron chi connectivity index (χ2n) is 9.26. The molecule has 0 atom stereocenters. The van der Waals surface area contributed by atoms with Crippen LogP contribution in [0.25, 0.3) is 10.8 Å². The highest BCUT2D eigenvalue weighted by Crippen LogP contribution is 2.35. The van der Waals surface area contributed by atoms with Gasteiger partial charge in [-0.25, -0.2) is 4.79 Å². The number of aromatic nitrogens is 1.